The van der Waals surface area contributed by atoms with Gasteiger partial charge < -0.3 is 14.8 Å². The molecule has 3 aromatic carbocycles. The summed E-state index contributed by atoms with van der Waals surface area (Å²) < 4.78 is 24.4. The van der Waals surface area contributed by atoms with E-state index in [0.29, 0.717) is 17.9 Å². The van der Waals surface area contributed by atoms with E-state index in [4.69, 9.17) is 9.47 Å². The molecule has 0 aromatic heterocycles. The van der Waals surface area contributed by atoms with Gasteiger partial charge in [-0.3, -0.25) is 4.79 Å². The normalized spacial score (nSPS) is 10.2. The fraction of sp³-hybridized carbons (Fsp3) is 0.130. The monoisotopic (exact) mass is 393 g/mol. The van der Waals surface area contributed by atoms with Gasteiger partial charge in [-0.25, -0.2) is 9.18 Å². The Kier molecular flexibility index (Phi) is 6.95. The third-order valence-electron chi connectivity index (χ3n) is 4.11. The van der Waals surface area contributed by atoms with Crippen molar-refractivity contribution in [3.05, 3.63) is 101 Å². The van der Waals surface area contributed by atoms with Crippen LogP contribution >= 0.6 is 0 Å². The second-order valence-electron chi connectivity index (χ2n) is 6.21. The van der Waals surface area contributed by atoms with E-state index in [2.05, 4.69) is 5.32 Å². The summed E-state index contributed by atoms with van der Waals surface area (Å²) >= 11 is 0. The quantitative estimate of drug-likeness (QED) is 0.590. The van der Waals surface area contributed by atoms with Crippen molar-refractivity contribution in [3.63, 3.8) is 0 Å². The average Bonchev–Trinajstić information content (AvgIpc) is 2.76. The fourth-order valence-corrected chi connectivity index (χ4v) is 2.59. The molecule has 3 aromatic rings. The summed E-state index contributed by atoms with van der Waals surface area (Å²) in [6, 6.07) is 22.3. The van der Waals surface area contributed by atoms with Gasteiger partial charge >= 0.3 is 5.97 Å². The van der Waals surface area contributed by atoms with E-state index < -0.39 is 24.3 Å². The Labute approximate surface area is 168 Å². The molecule has 0 fully saturated rings. The van der Waals surface area contributed by atoms with Gasteiger partial charge in [-0.05, 0) is 23.8 Å². The Morgan fingerprint density at radius 2 is 1.55 bits per heavy atom. The van der Waals surface area contributed by atoms with E-state index in [1.165, 1.54) is 6.07 Å². The number of hydrogen-bond acceptors (Lipinski definition) is 4. The van der Waals surface area contributed by atoms with Crippen LogP contribution in [-0.2, 0) is 22.7 Å². The van der Waals surface area contributed by atoms with Crippen molar-refractivity contribution >= 4 is 11.9 Å². The first-order chi connectivity index (χ1) is 14.1. The zero-order valence-corrected chi connectivity index (χ0v) is 15.6. The number of amides is 1. The van der Waals surface area contributed by atoms with Crippen LogP contribution < -0.4 is 10.1 Å². The Bertz CT molecular complexity index is 975. The number of esters is 1. The molecule has 0 unspecified atom stereocenters. The molecule has 5 nitrogen and oxygen atoms in total. The number of nitrogens with one attached hydrogen (secondary N) is 1. The van der Waals surface area contributed by atoms with Crippen molar-refractivity contribution in [2.45, 2.75) is 13.2 Å². The van der Waals surface area contributed by atoms with Crippen molar-refractivity contribution in [3.8, 4) is 5.75 Å². The number of ether oxygens (including phenoxy) is 2. The van der Waals surface area contributed by atoms with Crippen LogP contribution in [0.4, 0.5) is 4.39 Å². The zero-order valence-electron chi connectivity index (χ0n) is 15.6. The zero-order chi connectivity index (χ0) is 20.5. The molecule has 0 spiro atoms. The lowest BCUT2D eigenvalue weighted by Gasteiger charge is -2.11. The summed E-state index contributed by atoms with van der Waals surface area (Å²) in [5.41, 5.74) is 1.54. The highest BCUT2D eigenvalue weighted by atomic mass is 19.1. The summed E-state index contributed by atoms with van der Waals surface area (Å²) in [5.74, 6) is -1.23. The highest BCUT2D eigenvalue weighted by Gasteiger charge is 2.15. The fourth-order valence-electron chi connectivity index (χ4n) is 2.59. The molecular formula is C23H20FNO4. The SMILES string of the molecule is O=C(COC(=O)c1ccccc1OCc1ccccc1)NCc1ccccc1F. The van der Waals surface area contributed by atoms with Gasteiger partial charge in [0, 0.05) is 12.1 Å². The van der Waals surface area contributed by atoms with Crippen molar-refractivity contribution < 1.29 is 23.5 Å². The smallest absolute Gasteiger partial charge is 0.342 e. The first kappa shape index (κ1) is 20.1. The summed E-state index contributed by atoms with van der Waals surface area (Å²) in [5, 5.41) is 2.52. The van der Waals surface area contributed by atoms with E-state index in [1.54, 1.807) is 42.5 Å². The van der Waals surface area contributed by atoms with Gasteiger partial charge in [-0.15, -0.1) is 0 Å². The van der Waals surface area contributed by atoms with Crippen LogP contribution in [-0.4, -0.2) is 18.5 Å². The number of rotatable bonds is 8. The third-order valence-corrected chi connectivity index (χ3v) is 4.11. The van der Waals surface area contributed by atoms with Gasteiger partial charge in [0.05, 0.1) is 0 Å². The Hall–Kier alpha value is -3.67. The molecule has 0 bridgehead atoms. The lowest BCUT2D eigenvalue weighted by molar-refractivity contribution is -0.124. The van der Waals surface area contributed by atoms with Crippen LogP contribution in [0.25, 0.3) is 0 Å². The molecule has 0 aliphatic heterocycles. The van der Waals surface area contributed by atoms with Crippen LogP contribution in [0.15, 0.2) is 78.9 Å². The maximum absolute atomic E-state index is 13.6. The van der Waals surface area contributed by atoms with Crippen LogP contribution in [0.1, 0.15) is 21.5 Å². The molecule has 6 heteroatoms. The second kappa shape index (κ2) is 10.0. The Morgan fingerprint density at radius 1 is 0.862 bits per heavy atom. The first-order valence-corrected chi connectivity index (χ1v) is 9.06. The van der Waals surface area contributed by atoms with Crippen molar-refractivity contribution in [1.82, 2.24) is 5.32 Å². The van der Waals surface area contributed by atoms with Crippen molar-refractivity contribution in [1.29, 1.82) is 0 Å². The van der Waals surface area contributed by atoms with Gasteiger partial charge in [0.1, 0.15) is 23.7 Å². The van der Waals surface area contributed by atoms with E-state index in [-0.39, 0.29) is 12.1 Å². The number of para-hydroxylation sites is 1. The molecule has 1 amide bonds. The molecule has 0 heterocycles. The van der Waals surface area contributed by atoms with E-state index >= 15 is 0 Å². The lowest BCUT2D eigenvalue weighted by atomic mass is 10.2. The predicted molar refractivity (Wildman–Crippen MR) is 106 cm³/mol. The number of carbonyl (C=O) groups excluding carboxylic acids is 2. The minimum absolute atomic E-state index is 0.0137. The minimum Gasteiger partial charge on any atom is -0.488 e. The third kappa shape index (κ3) is 5.90. The number of hydrogen-bond donors (Lipinski definition) is 1. The summed E-state index contributed by atoms with van der Waals surface area (Å²) in [6.07, 6.45) is 0. The molecule has 0 radical (unpaired) electrons. The second-order valence-corrected chi connectivity index (χ2v) is 6.21. The molecule has 0 aliphatic carbocycles. The van der Waals surface area contributed by atoms with Crippen LogP contribution in [0, 0.1) is 5.82 Å². The van der Waals surface area contributed by atoms with Crippen LogP contribution in [0.2, 0.25) is 0 Å². The Morgan fingerprint density at radius 3 is 2.34 bits per heavy atom. The molecule has 3 rings (SSSR count). The lowest BCUT2D eigenvalue weighted by Crippen LogP contribution is -2.28. The topological polar surface area (TPSA) is 64.6 Å². The maximum Gasteiger partial charge on any atom is 0.342 e. The summed E-state index contributed by atoms with van der Waals surface area (Å²) in [4.78, 5) is 24.3. The molecule has 29 heavy (non-hydrogen) atoms. The number of halogens is 1. The van der Waals surface area contributed by atoms with Gasteiger partial charge in [-0.2, -0.15) is 0 Å². The van der Waals surface area contributed by atoms with E-state index in [1.807, 2.05) is 30.3 Å². The van der Waals surface area contributed by atoms with Crippen molar-refractivity contribution in [2.24, 2.45) is 0 Å². The highest BCUT2D eigenvalue weighted by Crippen LogP contribution is 2.20. The van der Waals surface area contributed by atoms with Crippen molar-refractivity contribution in [2.75, 3.05) is 6.61 Å². The van der Waals surface area contributed by atoms with Gasteiger partial charge in [0.2, 0.25) is 0 Å². The largest absolute Gasteiger partial charge is 0.488 e. The average molecular weight is 393 g/mol. The first-order valence-electron chi connectivity index (χ1n) is 9.06. The molecule has 0 atom stereocenters. The number of carbonyl (C=O) groups is 2. The van der Waals surface area contributed by atoms with Crippen LogP contribution in [0.5, 0.6) is 5.75 Å². The molecule has 148 valence electrons. The minimum atomic E-state index is -0.672. The molecule has 0 saturated heterocycles. The van der Waals surface area contributed by atoms with E-state index in [9.17, 15) is 14.0 Å². The Balaban J connectivity index is 1.52. The van der Waals surface area contributed by atoms with Gasteiger partial charge in [-0.1, -0.05) is 60.7 Å². The summed E-state index contributed by atoms with van der Waals surface area (Å²) in [6.45, 7) is -0.158. The number of benzene rings is 3. The predicted octanol–water partition coefficient (Wildman–Crippen LogP) is 3.88. The summed E-state index contributed by atoms with van der Waals surface area (Å²) in [7, 11) is 0. The highest BCUT2D eigenvalue weighted by molar-refractivity contribution is 5.94. The maximum atomic E-state index is 13.6. The standard InChI is InChI=1S/C23H20FNO4/c24-20-12-6-4-10-18(20)14-25-22(26)16-29-23(27)19-11-5-7-13-21(19)28-15-17-8-2-1-3-9-17/h1-13H,14-16H2,(H,25,26). The molecule has 1 N–H and O–H groups in total. The molecule has 0 saturated carbocycles. The van der Waals surface area contributed by atoms with Gasteiger partial charge in [0.15, 0.2) is 6.61 Å². The van der Waals surface area contributed by atoms with Crippen LogP contribution in [0.3, 0.4) is 0 Å². The molecular weight excluding hydrogens is 373 g/mol. The van der Waals surface area contributed by atoms with E-state index in [0.717, 1.165) is 5.56 Å². The van der Waals surface area contributed by atoms with Gasteiger partial charge in [0.25, 0.3) is 5.91 Å². The molecule has 0 aliphatic rings.